The number of carbonyl (C=O) groups excluding carboxylic acids is 1. The Morgan fingerprint density at radius 1 is 1.07 bits per heavy atom. The van der Waals surface area contributed by atoms with Gasteiger partial charge in [-0.25, -0.2) is 13.8 Å². The Hall–Kier alpha value is -3.43. The fourth-order valence-corrected chi connectivity index (χ4v) is 2.56. The molecule has 0 aliphatic carbocycles. The van der Waals surface area contributed by atoms with Gasteiger partial charge in [0.1, 0.15) is 17.4 Å². The van der Waals surface area contributed by atoms with Crippen LogP contribution in [0.4, 0.5) is 27.6 Å². The van der Waals surface area contributed by atoms with Crippen molar-refractivity contribution in [3.05, 3.63) is 66.2 Å². The van der Waals surface area contributed by atoms with E-state index in [1.54, 1.807) is 0 Å². The van der Waals surface area contributed by atoms with Crippen LogP contribution in [0.15, 0.2) is 53.1 Å². The smallest absolute Gasteiger partial charge is 0.422 e. The average Bonchev–Trinajstić information content (AvgIpc) is 3.13. The number of nitrogens with zero attached hydrogens (tertiary/aromatic N) is 1. The first kappa shape index (κ1) is 21.3. The highest BCUT2D eigenvalue weighted by Gasteiger charge is 2.29. The van der Waals surface area contributed by atoms with Gasteiger partial charge in [0.05, 0.1) is 17.4 Å². The lowest BCUT2D eigenvalue weighted by Crippen LogP contribution is -2.20. The molecule has 1 amide bonds. The summed E-state index contributed by atoms with van der Waals surface area (Å²) in [7, 11) is 0. The molecule has 0 aliphatic rings. The maximum Gasteiger partial charge on any atom is 0.422 e. The zero-order valence-electron chi connectivity index (χ0n) is 15.3. The molecule has 1 heterocycles. The number of oxazole rings is 1. The van der Waals surface area contributed by atoms with Gasteiger partial charge in [-0.3, -0.25) is 4.79 Å². The van der Waals surface area contributed by atoms with Crippen LogP contribution in [0.1, 0.15) is 12.3 Å². The fourth-order valence-electron chi connectivity index (χ4n) is 2.56. The highest BCUT2D eigenvalue weighted by Crippen LogP contribution is 2.28. The van der Waals surface area contributed by atoms with Crippen LogP contribution in [-0.2, 0) is 11.2 Å². The number of nitrogens with one attached hydrogen (secondary N) is 1. The van der Waals surface area contributed by atoms with E-state index in [9.17, 15) is 26.7 Å². The monoisotopic (exact) mass is 426 g/mol. The molecule has 0 fully saturated rings. The van der Waals surface area contributed by atoms with E-state index in [1.165, 1.54) is 30.3 Å². The molecule has 0 saturated heterocycles. The minimum atomic E-state index is -4.52. The summed E-state index contributed by atoms with van der Waals surface area (Å²) >= 11 is 0. The molecule has 30 heavy (non-hydrogen) atoms. The van der Waals surface area contributed by atoms with E-state index >= 15 is 0 Å². The van der Waals surface area contributed by atoms with E-state index in [0.717, 1.165) is 18.3 Å². The Morgan fingerprint density at radius 2 is 1.77 bits per heavy atom. The third kappa shape index (κ3) is 5.56. The molecule has 5 nitrogen and oxygen atoms in total. The molecule has 0 bridgehead atoms. The summed E-state index contributed by atoms with van der Waals surface area (Å²) < 4.78 is 74.6. The Balaban J connectivity index is 1.61. The molecule has 158 valence electrons. The second-order valence-corrected chi connectivity index (χ2v) is 6.16. The SMILES string of the molecule is O=C(CCc1ncc(-c2c(F)cccc2F)o1)Nc1ccccc1OCC(F)(F)F. The van der Waals surface area contributed by atoms with Gasteiger partial charge in [0.15, 0.2) is 18.3 Å². The first-order valence-electron chi connectivity index (χ1n) is 8.70. The first-order chi connectivity index (χ1) is 14.2. The largest absolute Gasteiger partial charge is 0.482 e. The Morgan fingerprint density at radius 3 is 2.47 bits per heavy atom. The van der Waals surface area contributed by atoms with Gasteiger partial charge >= 0.3 is 6.18 Å². The number of carbonyl (C=O) groups is 1. The molecule has 0 radical (unpaired) electrons. The molecule has 0 unspecified atom stereocenters. The number of para-hydroxylation sites is 2. The number of alkyl halides is 3. The van der Waals surface area contributed by atoms with Crippen LogP contribution in [-0.4, -0.2) is 23.7 Å². The van der Waals surface area contributed by atoms with Gasteiger partial charge in [0.2, 0.25) is 5.91 Å². The number of ether oxygens (including phenoxy) is 1. The second-order valence-electron chi connectivity index (χ2n) is 6.16. The van der Waals surface area contributed by atoms with Crippen molar-refractivity contribution in [2.75, 3.05) is 11.9 Å². The quantitative estimate of drug-likeness (QED) is 0.532. The van der Waals surface area contributed by atoms with Gasteiger partial charge in [-0.05, 0) is 24.3 Å². The van der Waals surface area contributed by atoms with Crippen LogP contribution in [0.3, 0.4) is 0 Å². The Kier molecular flexibility index (Phi) is 6.34. The standard InChI is InChI=1S/C20H15F5N2O3/c21-12-4-3-5-13(22)19(12)16-10-26-18(30-16)9-8-17(28)27-14-6-1-2-7-15(14)29-11-20(23,24)25/h1-7,10H,8-9,11H2,(H,27,28). The van der Waals surface area contributed by atoms with Gasteiger partial charge in [-0.15, -0.1) is 0 Å². The van der Waals surface area contributed by atoms with Crippen LogP contribution < -0.4 is 10.1 Å². The predicted octanol–water partition coefficient (Wildman–Crippen LogP) is 5.13. The number of aromatic nitrogens is 1. The molecule has 1 aromatic heterocycles. The van der Waals surface area contributed by atoms with Gasteiger partial charge in [0.25, 0.3) is 0 Å². The van der Waals surface area contributed by atoms with E-state index in [4.69, 9.17) is 9.15 Å². The summed E-state index contributed by atoms with van der Waals surface area (Å²) in [5.41, 5.74) is -0.287. The third-order valence-electron chi connectivity index (χ3n) is 3.88. The Labute approximate surface area is 167 Å². The van der Waals surface area contributed by atoms with Gasteiger partial charge in [0, 0.05) is 12.8 Å². The van der Waals surface area contributed by atoms with Crippen molar-refractivity contribution in [2.45, 2.75) is 19.0 Å². The average molecular weight is 426 g/mol. The minimum Gasteiger partial charge on any atom is -0.482 e. The number of rotatable bonds is 7. The third-order valence-corrected chi connectivity index (χ3v) is 3.88. The molecule has 3 rings (SSSR count). The lowest BCUT2D eigenvalue weighted by molar-refractivity contribution is -0.153. The molecule has 10 heteroatoms. The molecule has 0 spiro atoms. The summed E-state index contributed by atoms with van der Waals surface area (Å²) in [4.78, 5) is 16.0. The summed E-state index contributed by atoms with van der Waals surface area (Å²) in [5.74, 6) is -2.33. The van der Waals surface area contributed by atoms with Crippen LogP contribution in [0.25, 0.3) is 11.3 Å². The molecule has 0 atom stereocenters. The van der Waals surface area contributed by atoms with Crippen LogP contribution in [0.2, 0.25) is 0 Å². The van der Waals surface area contributed by atoms with Crippen molar-refractivity contribution in [2.24, 2.45) is 0 Å². The van der Waals surface area contributed by atoms with E-state index < -0.39 is 30.3 Å². The summed E-state index contributed by atoms with van der Waals surface area (Å²) in [5, 5.41) is 2.45. The van der Waals surface area contributed by atoms with Gasteiger partial charge in [-0.2, -0.15) is 13.2 Å². The van der Waals surface area contributed by atoms with E-state index in [-0.39, 0.29) is 41.5 Å². The molecule has 0 aliphatic heterocycles. The van der Waals surface area contributed by atoms with Gasteiger partial charge < -0.3 is 14.5 Å². The molecule has 0 saturated carbocycles. The van der Waals surface area contributed by atoms with E-state index in [2.05, 4.69) is 10.3 Å². The van der Waals surface area contributed by atoms with Crippen LogP contribution in [0.5, 0.6) is 5.75 Å². The maximum atomic E-state index is 13.8. The number of aryl methyl sites for hydroxylation is 1. The number of hydrogen-bond donors (Lipinski definition) is 1. The van der Waals surface area contributed by atoms with Crippen molar-refractivity contribution in [3.63, 3.8) is 0 Å². The number of hydrogen-bond acceptors (Lipinski definition) is 4. The second kappa shape index (κ2) is 8.93. The zero-order chi connectivity index (χ0) is 21.7. The molecule has 2 aromatic carbocycles. The Bertz CT molecular complexity index is 1010. The van der Waals surface area contributed by atoms with Crippen molar-refractivity contribution >= 4 is 11.6 Å². The molecular formula is C20H15F5N2O3. The minimum absolute atomic E-state index is 0.00742. The number of amides is 1. The summed E-state index contributed by atoms with van der Waals surface area (Å²) in [6.07, 6.45) is -3.49. The van der Waals surface area contributed by atoms with E-state index in [1.807, 2.05) is 0 Å². The lowest BCUT2D eigenvalue weighted by Gasteiger charge is -2.13. The van der Waals surface area contributed by atoms with Crippen molar-refractivity contribution in [3.8, 4) is 17.1 Å². The summed E-state index contributed by atoms with van der Waals surface area (Å²) in [6, 6.07) is 9.06. The summed E-state index contributed by atoms with van der Waals surface area (Å²) in [6.45, 7) is -1.49. The first-order valence-corrected chi connectivity index (χ1v) is 8.70. The maximum absolute atomic E-state index is 13.8. The van der Waals surface area contributed by atoms with E-state index in [0.29, 0.717) is 0 Å². The number of anilines is 1. The number of halogens is 5. The van der Waals surface area contributed by atoms with Crippen molar-refractivity contribution in [1.82, 2.24) is 4.98 Å². The molecular weight excluding hydrogens is 411 g/mol. The molecule has 3 aromatic rings. The fraction of sp³-hybridized carbons (Fsp3) is 0.200. The van der Waals surface area contributed by atoms with Gasteiger partial charge in [-0.1, -0.05) is 18.2 Å². The topological polar surface area (TPSA) is 64.4 Å². The highest BCUT2D eigenvalue weighted by molar-refractivity contribution is 5.92. The predicted molar refractivity (Wildman–Crippen MR) is 96.8 cm³/mol. The molecule has 1 N–H and O–H groups in total. The van der Waals surface area contributed by atoms with Crippen LogP contribution in [0, 0.1) is 11.6 Å². The van der Waals surface area contributed by atoms with Crippen molar-refractivity contribution < 1.29 is 35.9 Å². The lowest BCUT2D eigenvalue weighted by atomic mass is 10.1. The number of benzene rings is 2. The zero-order valence-corrected chi connectivity index (χ0v) is 15.3. The van der Waals surface area contributed by atoms with Crippen LogP contribution >= 0.6 is 0 Å². The normalized spacial score (nSPS) is 11.4. The highest BCUT2D eigenvalue weighted by atomic mass is 19.4. The van der Waals surface area contributed by atoms with Crippen molar-refractivity contribution in [1.29, 1.82) is 0 Å².